The van der Waals surface area contributed by atoms with Crippen molar-refractivity contribution in [3.8, 4) is 5.75 Å². The number of rotatable bonds is 3. The fraction of sp³-hybridized carbons (Fsp3) is 0.391. The molecule has 1 saturated heterocycles. The van der Waals surface area contributed by atoms with Crippen molar-refractivity contribution in [2.75, 3.05) is 33.3 Å². The van der Waals surface area contributed by atoms with Crippen LogP contribution in [0.1, 0.15) is 44.7 Å². The molecule has 4 rings (SSSR count). The first-order chi connectivity index (χ1) is 13.7. The van der Waals surface area contributed by atoms with E-state index in [0.717, 1.165) is 18.4 Å². The van der Waals surface area contributed by atoms with Gasteiger partial charge >= 0.3 is 0 Å². The lowest BCUT2D eigenvalue weighted by atomic mass is 9.90. The molecule has 28 heavy (non-hydrogen) atoms. The average molecular weight is 378 g/mol. The van der Waals surface area contributed by atoms with Crippen LogP contribution < -0.4 is 4.74 Å². The molecule has 0 atom stereocenters. The van der Waals surface area contributed by atoms with E-state index in [9.17, 15) is 9.59 Å². The number of hydrogen-bond donors (Lipinski definition) is 0. The molecule has 146 valence electrons. The molecular weight excluding hydrogens is 352 g/mol. The summed E-state index contributed by atoms with van der Waals surface area (Å²) in [7, 11) is 1.59. The molecule has 0 radical (unpaired) electrons. The third kappa shape index (κ3) is 3.75. The number of piperazine rings is 1. The van der Waals surface area contributed by atoms with E-state index >= 15 is 0 Å². The van der Waals surface area contributed by atoms with Crippen LogP contribution in [0.4, 0.5) is 0 Å². The lowest BCUT2D eigenvalue weighted by Crippen LogP contribution is -2.50. The Labute approximate surface area is 165 Å². The number of amides is 2. The zero-order valence-corrected chi connectivity index (χ0v) is 16.3. The minimum absolute atomic E-state index is 0.0141. The van der Waals surface area contributed by atoms with Gasteiger partial charge in [-0.05, 0) is 67.1 Å². The van der Waals surface area contributed by atoms with Gasteiger partial charge in [0.1, 0.15) is 5.75 Å². The summed E-state index contributed by atoms with van der Waals surface area (Å²) in [6, 6.07) is 13.4. The van der Waals surface area contributed by atoms with Crippen LogP contribution in [0, 0.1) is 0 Å². The molecule has 1 fully saturated rings. The third-order valence-electron chi connectivity index (χ3n) is 5.77. The summed E-state index contributed by atoms with van der Waals surface area (Å²) in [6.45, 7) is 2.22. The number of ether oxygens (including phenoxy) is 1. The summed E-state index contributed by atoms with van der Waals surface area (Å²) in [5, 5.41) is 0. The number of methoxy groups -OCH3 is 1. The summed E-state index contributed by atoms with van der Waals surface area (Å²) in [4.78, 5) is 29.3. The monoisotopic (exact) mass is 378 g/mol. The molecule has 0 bridgehead atoms. The first kappa shape index (κ1) is 18.5. The van der Waals surface area contributed by atoms with Crippen molar-refractivity contribution in [2.45, 2.75) is 25.7 Å². The van der Waals surface area contributed by atoms with E-state index in [1.807, 2.05) is 28.0 Å². The number of fused-ring (bicyclic) bond motifs is 1. The second-order valence-electron chi connectivity index (χ2n) is 7.51. The van der Waals surface area contributed by atoms with E-state index in [0.29, 0.717) is 37.5 Å². The van der Waals surface area contributed by atoms with Gasteiger partial charge < -0.3 is 14.5 Å². The van der Waals surface area contributed by atoms with Crippen molar-refractivity contribution < 1.29 is 14.3 Å². The second-order valence-corrected chi connectivity index (χ2v) is 7.51. The molecule has 1 aliphatic carbocycles. The van der Waals surface area contributed by atoms with Crippen molar-refractivity contribution >= 4 is 11.8 Å². The number of aryl methyl sites for hydroxylation is 2. The largest absolute Gasteiger partial charge is 0.497 e. The van der Waals surface area contributed by atoms with Gasteiger partial charge in [0.15, 0.2) is 0 Å². The van der Waals surface area contributed by atoms with Gasteiger partial charge in [0.2, 0.25) is 0 Å². The first-order valence-corrected chi connectivity index (χ1v) is 10.00. The number of carbonyl (C=O) groups excluding carboxylic acids is 2. The number of hydrogen-bond acceptors (Lipinski definition) is 3. The highest BCUT2D eigenvalue weighted by Crippen LogP contribution is 2.23. The molecule has 2 aliphatic rings. The minimum atomic E-state index is -0.0141. The third-order valence-corrected chi connectivity index (χ3v) is 5.77. The lowest BCUT2D eigenvalue weighted by Gasteiger charge is -2.35. The van der Waals surface area contributed by atoms with Crippen LogP contribution in [0.2, 0.25) is 0 Å². The van der Waals surface area contributed by atoms with Crippen LogP contribution in [0.3, 0.4) is 0 Å². The van der Waals surface area contributed by atoms with Gasteiger partial charge in [0, 0.05) is 37.3 Å². The normalized spacial score (nSPS) is 16.5. The van der Waals surface area contributed by atoms with Crippen molar-refractivity contribution in [1.82, 2.24) is 9.80 Å². The number of nitrogens with zero attached hydrogens (tertiary/aromatic N) is 2. The van der Waals surface area contributed by atoms with E-state index in [-0.39, 0.29) is 11.8 Å². The highest BCUT2D eigenvalue weighted by Gasteiger charge is 2.26. The Hall–Kier alpha value is -2.82. The van der Waals surface area contributed by atoms with E-state index < -0.39 is 0 Å². The highest BCUT2D eigenvalue weighted by molar-refractivity contribution is 5.96. The zero-order chi connectivity index (χ0) is 19.5. The fourth-order valence-corrected chi connectivity index (χ4v) is 4.10. The van der Waals surface area contributed by atoms with Crippen LogP contribution >= 0.6 is 0 Å². The van der Waals surface area contributed by atoms with E-state index in [1.165, 1.54) is 24.0 Å². The fourth-order valence-electron chi connectivity index (χ4n) is 4.10. The summed E-state index contributed by atoms with van der Waals surface area (Å²) >= 11 is 0. The van der Waals surface area contributed by atoms with Gasteiger partial charge in [-0.2, -0.15) is 0 Å². The van der Waals surface area contributed by atoms with Crippen LogP contribution in [0.5, 0.6) is 5.75 Å². The SMILES string of the molecule is COc1cccc(C(=O)N2CCN(C(=O)c3ccc4c(c3)CCCC4)CC2)c1. The molecule has 1 heterocycles. The second kappa shape index (κ2) is 8.05. The Kier molecular flexibility index (Phi) is 5.33. The maximum atomic E-state index is 12.9. The van der Waals surface area contributed by atoms with Gasteiger partial charge in [0.25, 0.3) is 11.8 Å². The molecular formula is C23H26N2O3. The van der Waals surface area contributed by atoms with Gasteiger partial charge in [-0.3, -0.25) is 9.59 Å². The topological polar surface area (TPSA) is 49.9 Å². The van der Waals surface area contributed by atoms with E-state index in [2.05, 4.69) is 12.1 Å². The van der Waals surface area contributed by atoms with Crippen LogP contribution in [0.25, 0.3) is 0 Å². The van der Waals surface area contributed by atoms with Gasteiger partial charge in [-0.15, -0.1) is 0 Å². The van der Waals surface area contributed by atoms with E-state index in [4.69, 9.17) is 4.74 Å². The zero-order valence-electron chi connectivity index (χ0n) is 16.3. The lowest BCUT2D eigenvalue weighted by molar-refractivity contribution is 0.0535. The molecule has 2 aromatic rings. The van der Waals surface area contributed by atoms with Crippen LogP contribution in [-0.2, 0) is 12.8 Å². The Morgan fingerprint density at radius 3 is 2.04 bits per heavy atom. The van der Waals surface area contributed by atoms with Gasteiger partial charge in [-0.25, -0.2) is 0 Å². The maximum absolute atomic E-state index is 12.9. The predicted octanol–water partition coefficient (Wildman–Crippen LogP) is 3.17. The molecule has 5 heteroatoms. The first-order valence-electron chi connectivity index (χ1n) is 10.00. The number of carbonyl (C=O) groups is 2. The molecule has 0 spiro atoms. The molecule has 0 unspecified atom stereocenters. The summed E-state index contributed by atoms with van der Waals surface area (Å²) in [5.74, 6) is 0.730. The average Bonchev–Trinajstić information content (AvgIpc) is 2.78. The molecule has 2 aromatic carbocycles. The Bertz CT molecular complexity index is 885. The number of benzene rings is 2. The van der Waals surface area contributed by atoms with Crippen molar-refractivity contribution in [3.63, 3.8) is 0 Å². The molecule has 5 nitrogen and oxygen atoms in total. The summed E-state index contributed by atoms with van der Waals surface area (Å²) < 4.78 is 5.21. The molecule has 1 aliphatic heterocycles. The Morgan fingerprint density at radius 2 is 1.39 bits per heavy atom. The van der Waals surface area contributed by atoms with Crippen molar-refractivity contribution in [1.29, 1.82) is 0 Å². The highest BCUT2D eigenvalue weighted by atomic mass is 16.5. The van der Waals surface area contributed by atoms with E-state index in [1.54, 1.807) is 19.2 Å². The smallest absolute Gasteiger partial charge is 0.254 e. The Balaban J connectivity index is 1.39. The van der Waals surface area contributed by atoms with Gasteiger partial charge in [-0.1, -0.05) is 12.1 Å². The van der Waals surface area contributed by atoms with Crippen LogP contribution in [0.15, 0.2) is 42.5 Å². The Morgan fingerprint density at radius 1 is 0.786 bits per heavy atom. The maximum Gasteiger partial charge on any atom is 0.254 e. The molecule has 0 saturated carbocycles. The molecule has 0 N–H and O–H groups in total. The summed E-state index contributed by atoms with van der Waals surface area (Å²) in [5.41, 5.74) is 4.10. The van der Waals surface area contributed by atoms with Crippen molar-refractivity contribution in [3.05, 3.63) is 64.7 Å². The standard InChI is InChI=1S/C23H26N2O3/c1-28-21-8-4-7-19(16-21)22(26)24-11-13-25(14-12-24)23(27)20-10-9-17-5-2-3-6-18(17)15-20/h4,7-10,15-16H,2-3,5-6,11-14H2,1H3. The molecule has 0 aromatic heterocycles. The van der Waals surface area contributed by atoms with Crippen LogP contribution in [-0.4, -0.2) is 54.9 Å². The minimum Gasteiger partial charge on any atom is -0.497 e. The van der Waals surface area contributed by atoms with Gasteiger partial charge in [0.05, 0.1) is 7.11 Å². The van der Waals surface area contributed by atoms with Crippen molar-refractivity contribution in [2.24, 2.45) is 0 Å². The molecule has 2 amide bonds. The predicted molar refractivity (Wildman–Crippen MR) is 108 cm³/mol. The summed E-state index contributed by atoms with van der Waals surface area (Å²) in [6.07, 6.45) is 4.63. The quantitative estimate of drug-likeness (QED) is 0.824.